The van der Waals surface area contributed by atoms with E-state index in [1.807, 2.05) is 12.1 Å². The summed E-state index contributed by atoms with van der Waals surface area (Å²) in [5, 5.41) is 1.38. The van der Waals surface area contributed by atoms with E-state index in [-0.39, 0.29) is 10.7 Å². The van der Waals surface area contributed by atoms with Crippen molar-refractivity contribution in [1.82, 2.24) is 15.0 Å². The Morgan fingerprint density at radius 1 is 1.39 bits per heavy atom. The van der Waals surface area contributed by atoms with Crippen molar-refractivity contribution in [1.29, 1.82) is 0 Å². The lowest BCUT2D eigenvalue weighted by molar-refractivity contribution is 0.112. The Morgan fingerprint density at radius 3 is 2.83 bits per heavy atom. The molecule has 0 atom stereocenters. The summed E-state index contributed by atoms with van der Waals surface area (Å²) in [4.78, 5) is 23.4. The van der Waals surface area contributed by atoms with Crippen molar-refractivity contribution in [3.8, 4) is 0 Å². The fourth-order valence-electron chi connectivity index (χ4n) is 1.24. The van der Waals surface area contributed by atoms with Gasteiger partial charge in [0.25, 0.3) is 0 Å². The summed E-state index contributed by atoms with van der Waals surface area (Å²) in [6, 6.07) is 3.68. The monoisotopic (exact) mass is 343 g/mol. The molecule has 4 nitrogen and oxygen atoms in total. The molecule has 2 rings (SSSR count). The van der Waals surface area contributed by atoms with Crippen LogP contribution in [0, 0.1) is 6.92 Å². The Bertz CT molecular complexity index is 609. The molecule has 0 fully saturated rings. The van der Waals surface area contributed by atoms with Gasteiger partial charge >= 0.3 is 0 Å². The van der Waals surface area contributed by atoms with Gasteiger partial charge in [-0.25, -0.2) is 15.0 Å². The van der Waals surface area contributed by atoms with E-state index in [1.54, 1.807) is 13.1 Å². The highest BCUT2D eigenvalue weighted by Gasteiger charge is 2.14. The lowest BCUT2D eigenvalue weighted by Crippen LogP contribution is -1.98. The largest absolute Gasteiger partial charge is 0.298 e. The summed E-state index contributed by atoms with van der Waals surface area (Å²) in [6.07, 6.45) is 2.32. The van der Waals surface area contributed by atoms with Gasteiger partial charge in [-0.3, -0.25) is 4.79 Å². The van der Waals surface area contributed by atoms with E-state index < -0.39 is 0 Å². The van der Waals surface area contributed by atoms with Crippen LogP contribution < -0.4 is 0 Å². The second kappa shape index (κ2) is 5.77. The average molecular weight is 345 g/mol. The molecule has 0 saturated carbocycles. The normalized spacial score (nSPS) is 10.4. The number of pyridine rings is 1. The van der Waals surface area contributed by atoms with Crippen molar-refractivity contribution in [2.45, 2.75) is 17.0 Å². The van der Waals surface area contributed by atoms with Gasteiger partial charge in [0.05, 0.1) is 10.0 Å². The number of hydrogen-bond donors (Lipinski definition) is 0. The van der Waals surface area contributed by atoms with Gasteiger partial charge in [-0.2, -0.15) is 0 Å². The Morgan fingerprint density at radius 2 is 2.17 bits per heavy atom. The van der Waals surface area contributed by atoms with Gasteiger partial charge in [-0.05, 0) is 46.7 Å². The molecule has 0 aliphatic heterocycles. The Hall–Kier alpha value is -0.980. The van der Waals surface area contributed by atoms with Crippen LogP contribution in [0.15, 0.2) is 32.9 Å². The van der Waals surface area contributed by atoms with E-state index >= 15 is 0 Å². The molecule has 0 aliphatic carbocycles. The van der Waals surface area contributed by atoms with Gasteiger partial charge in [0.1, 0.15) is 21.0 Å². The number of aldehydes is 1. The molecule has 0 amide bonds. The second-order valence-electron chi connectivity index (χ2n) is 3.29. The maximum Gasteiger partial charge on any atom is 0.155 e. The fourth-order valence-corrected chi connectivity index (χ4v) is 2.94. The standard InChI is InChI=1S/C11H7BrClN3OS/c1-6-15-9(13)7(5-17)10(16-6)18-11-8(12)3-2-4-14-11/h2-5H,1H3. The summed E-state index contributed by atoms with van der Waals surface area (Å²) < 4.78 is 0.833. The maximum atomic E-state index is 11.0. The van der Waals surface area contributed by atoms with Crippen molar-refractivity contribution < 1.29 is 4.79 Å². The molecule has 0 N–H and O–H groups in total. The molecule has 18 heavy (non-hydrogen) atoms. The predicted octanol–water partition coefficient (Wildman–Crippen LogP) is 3.56. The summed E-state index contributed by atoms with van der Waals surface area (Å²) in [5.74, 6) is 0.514. The van der Waals surface area contributed by atoms with Gasteiger partial charge < -0.3 is 0 Å². The Balaban J connectivity index is 2.46. The number of carbonyl (C=O) groups excluding carboxylic acids is 1. The number of nitrogens with zero attached hydrogens (tertiary/aromatic N) is 3. The lowest BCUT2D eigenvalue weighted by Gasteiger charge is -2.06. The molecule has 2 aromatic heterocycles. The minimum Gasteiger partial charge on any atom is -0.298 e. The van der Waals surface area contributed by atoms with Gasteiger partial charge in [0.2, 0.25) is 0 Å². The van der Waals surface area contributed by atoms with E-state index in [0.717, 1.165) is 9.50 Å². The first-order valence-corrected chi connectivity index (χ1v) is 6.88. The van der Waals surface area contributed by atoms with Crippen molar-refractivity contribution in [2.75, 3.05) is 0 Å². The molecule has 92 valence electrons. The van der Waals surface area contributed by atoms with Gasteiger partial charge in [-0.1, -0.05) is 11.6 Å². The van der Waals surface area contributed by atoms with Crippen LogP contribution in [0.2, 0.25) is 5.15 Å². The van der Waals surface area contributed by atoms with Gasteiger partial charge in [-0.15, -0.1) is 0 Å². The summed E-state index contributed by atoms with van der Waals surface area (Å²) in [7, 11) is 0. The van der Waals surface area contributed by atoms with Crippen LogP contribution in [0.5, 0.6) is 0 Å². The number of aryl methyl sites for hydroxylation is 1. The molecule has 0 aromatic carbocycles. The minimum atomic E-state index is 0.159. The smallest absolute Gasteiger partial charge is 0.155 e. The average Bonchev–Trinajstić information content (AvgIpc) is 2.31. The summed E-state index contributed by atoms with van der Waals surface area (Å²) in [5.41, 5.74) is 0.282. The molecule has 0 saturated heterocycles. The van der Waals surface area contributed by atoms with Crippen LogP contribution in [-0.4, -0.2) is 21.2 Å². The molecule has 0 aliphatic rings. The predicted molar refractivity (Wildman–Crippen MR) is 73.2 cm³/mol. The second-order valence-corrected chi connectivity index (χ2v) is 5.48. The summed E-state index contributed by atoms with van der Waals surface area (Å²) in [6.45, 7) is 1.72. The number of carbonyl (C=O) groups is 1. The first-order chi connectivity index (χ1) is 8.61. The topological polar surface area (TPSA) is 55.7 Å². The highest BCUT2D eigenvalue weighted by molar-refractivity contribution is 9.10. The molecule has 2 aromatic rings. The Labute approximate surface area is 121 Å². The van der Waals surface area contributed by atoms with E-state index in [4.69, 9.17) is 11.6 Å². The number of halogens is 2. The first-order valence-electron chi connectivity index (χ1n) is 4.89. The van der Waals surface area contributed by atoms with Crippen LogP contribution >= 0.6 is 39.3 Å². The zero-order valence-corrected chi connectivity index (χ0v) is 12.4. The van der Waals surface area contributed by atoms with Crippen molar-refractivity contribution in [3.63, 3.8) is 0 Å². The third kappa shape index (κ3) is 2.88. The highest BCUT2D eigenvalue weighted by atomic mass is 79.9. The minimum absolute atomic E-state index is 0.159. The number of rotatable bonds is 3. The van der Waals surface area contributed by atoms with Crippen LogP contribution in [0.4, 0.5) is 0 Å². The molecule has 7 heteroatoms. The van der Waals surface area contributed by atoms with E-state index in [0.29, 0.717) is 17.1 Å². The van der Waals surface area contributed by atoms with Crippen LogP contribution in [0.1, 0.15) is 16.2 Å². The van der Waals surface area contributed by atoms with E-state index in [9.17, 15) is 4.79 Å². The maximum absolute atomic E-state index is 11.0. The summed E-state index contributed by atoms with van der Waals surface area (Å²) >= 11 is 10.6. The van der Waals surface area contributed by atoms with E-state index in [1.165, 1.54) is 11.8 Å². The van der Waals surface area contributed by atoms with Crippen molar-refractivity contribution in [2.24, 2.45) is 0 Å². The third-order valence-electron chi connectivity index (χ3n) is 2.01. The molecule has 2 heterocycles. The van der Waals surface area contributed by atoms with Crippen LogP contribution in [0.3, 0.4) is 0 Å². The molecular formula is C11H7BrClN3OS. The van der Waals surface area contributed by atoms with Gasteiger partial charge in [0.15, 0.2) is 6.29 Å². The quantitative estimate of drug-likeness (QED) is 0.629. The molecule has 0 unspecified atom stereocenters. The van der Waals surface area contributed by atoms with Crippen molar-refractivity contribution >= 4 is 45.6 Å². The molecule has 0 radical (unpaired) electrons. The zero-order valence-electron chi connectivity index (χ0n) is 9.22. The Kier molecular flexibility index (Phi) is 4.31. The number of hydrogen-bond acceptors (Lipinski definition) is 5. The molecular weight excluding hydrogens is 338 g/mol. The van der Waals surface area contributed by atoms with Crippen LogP contribution in [0.25, 0.3) is 0 Å². The highest BCUT2D eigenvalue weighted by Crippen LogP contribution is 2.33. The number of aromatic nitrogens is 3. The SMILES string of the molecule is Cc1nc(Cl)c(C=O)c(Sc2ncccc2Br)n1. The van der Waals surface area contributed by atoms with Crippen molar-refractivity contribution in [3.05, 3.63) is 39.3 Å². The first kappa shape index (κ1) is 13.5. The molecule has 0 spiro atoms. The zero-order chi connectivity index (χ0) is 13.1. The third-order valence-corrected chi connectivity index (χ3v) is 4.23. The van der Waals surface area contributed by atoms with E-state index in [2.05, 4.69) is 30.9 Å². The molecule has 0 bridgehead atoms. The van der Waals surface area contributed by atoms with Gasteiger partial charge in [0, 0.05) is 6.20 Å². The fraction of sp³-hybridized carbons (Fsp3) is 0.0909. The van der Waals surface area contributed by atoms with Crippen LogP contribution in [-0.2, 0) is 0 Å². The lowest BCUT2D eigenvalue weighted by atomic mass is 10.4.